The second-order valence-corrected chi connectivity index (χ2v) is 8.46. The van der Waals surface area contributed by atoms with Gasteiger partial charge in [-0.15, -0.1) is 0 Å². The number of methoxy groups -OCH3 is 1. The van der Waals surface area contributed by atoms with Gasteiger partial charge in [-0.25, -0.2) is 0 Å². The molecule has 1 atom stereocenters. The second-order valence-electron chi connectivity index (χ2n) is 7.20. The number of anilines is 2. The molecule has 0 bridgehead atoms. The van der Waals surface area contributed by atoms with Crippen LogP contribution in [-0.4, -0.2) is 38.2 Å². The summed E-state index contributed by atoms with van der Waals surface area (Å²) in [6, 6.07) is 18.8. The fourth-order valence-corrected chi connectivity index (χ4v) is 3.54. The molecule has 0 fully saturated rings. The topological polar surface area (TPSA) is 85.9 Å². The van der Waals surface area contributed by atoms with Crippen LogP contribution in [0.25, 0.3) is 0 Å². The molecule has 9 heteroatoms. The van der Waals surface area contributed by atoms with Gasteiger partial charge in [0.05, 0.1) is 16.1 Å². The zero-order valence-electron chi connectivity index (χ0n) is 18.6. The average Bonchev–Trinajstić information content (AvgIpc) is 2.82. The lowest BCUT2D eigenvalue weighted by Gasteiger charge is -2.16. The van der Waals surface area contributed by atoms with E-state index in [0.717, 1.165) is 0 Å². The normalized spacial score (nSPS) is 11.4. The first-order valence-corrected chi connectivity index (χ1v) is 11.6. The quantitative estimate of drug-likeness (QED) is 0.314. The lowest BCUT2D eigenvalue weighted by Crippen LogP contribution is -2.30. The maximum atomic E-state index is 12.6. The number of amides is 2. The van der Waals surface area contributed by atoms with Crippen LogP contribution in [-0.2, 0) is 9.53 Å². The molecular weight excluding hydrogens is 524 g/mol. The zero-order chi connectivity index (χ0) is 24.5. The molecule has 2 amide bonds. The first-order chi connectivity index (χ1) is 16.4. The minimum Gasteiger partial charge on any atom is -0.490 e. The van der Waals surface area contributed by atoms with E-state index in [1.54, 1.807) is 80.8 Å². The molecule has 178 valence electrons. The summed E-state index contributed by atoms with van der Waals surface area (Å²) in [5.74, 6) is 0.463. The number of hydrogen-bond donors (Lipinski definition) is 2. The third kappa shape index (κ3) is 7.21. The zero-order valence-corrected chi connectivity index (χ0v) is 21.0. The van der Waals surface area contributed by atoms with Crippen LogP contribution in [0.15, 0.2) is 71.2 Å². The molecule has 0 heterocycles. The van der Waals surface area contributed by atoms with Crippen LogP contribution in [0.5, 0.6) is 11.5 Å². The molecule has 0 saturated carbocycles. The van der Waals surface area contributed by atoms with Gasteiger partial charge in [-0.05, 0) is 77.5 Å². The van der Waals surface area contributed by atoms with E-state index in [0.29, 0.717) is 51.1 Å². The van der Waals surface area contributed by atoms with Crippen LogP contribution in [0.3, 0.4) is 0 Å². The van der Waals surface area contributed by atoms with Gasteiger partial charge in [0.2, 0.25) is 0 Å². The summed E-state index contributed by atoms with van der Waals surface area (Å²) in [7, 11) is 1.60. The van der Waals surface area contributed by atoms with Crippen LogP contribution in [0.1, 0.15) is 17.3 Å². The highest BCUT2D eigenvalue weighted by Gasteiger charge is 2.16. The summed E-state index contributed by atoms with van der Waals surface area (Å²) in [6.45, 7) is 2.52. The molecule has 3 aromatic rings. The van der Waals surface area contributed by atoms with Crippen LogP contribution < -0.4 is 20.1 Å². The van der Waals surface area contributed by atoms with Crippen molar-refractivity contribution in [2.75, 3.05) is 31.0 Å². The van der Waals surface area contributed by atoms with Crippen molar-refractivity contribution in [1.82, 2.24) is 0 Å². The largest absolute Gasteiger partial charge is 0.490 e. The molecule has 0 aliphatic rings. The van der Waals surface area contributed by atoms with Crippen LogP contribution in [0, 0.1) is 0 Å². The van der Waals surface area contributed by atoms with Gasteiger partial charge in [0.15, 0.2) is 6.10 Å². The summed E-state index contributed by atoms with van der Waals surface area (Å²) in [5.41, 5.74) is 1.62. The molecule has 0 saturated heterocycles. The first-order valence-electron chi connectivity index (χ1n) is 10.4. The SMILES string of the molecule is COCCOc1ccc(C(=O)Nc2ccc(NC(=O)C(C)Oc3ccccc3Cl)cc2)cc1Br. The Labute approximate surface area is 211 Å². The summed E-state index contributed by atoms with van der Waals surface area (Å²) in [5, 5.41) is 6.04. The maximum absolute atomic E-state index is 12.6. The van der Waals surface area contributed by atoms with E-state index < -0.39 is 6.10 Å². The molecular formula is C25H24BrClN2O5. The summed E-state index contributed by atoms with van der Waals surface area (Å²) < 4.78 is 16.8. The van der Waals surface area contributed by atoms with E-state index in [1.807, 2.05) is 0 Å². The molecule has 3 rings (SSSR count). The standard InChI is InChI=1S/C25H24BrClN2O5/c1-16(34-23-6-4-3-5-21(23)27)24(30)28-18-8-10-19(11-9-18)29-25(31)17-7-12-22(20(26)15-17)33-14-13-32-2/h3-12,15-16H,13-14H2,1-2H3,(H,28,30)(H,29,31). The Hall–Kier alpha value is -3.07. The lowest BCUT2D eigenvalue weighted by atomic mass is 10.2. The Bertz CT molecular complexity index is 1140. The van der Waals surface area contributed by atoms with Gasteiger partial charge >= 0.3 is 0 Å². The Morgan fingerprint density at radius 2 is 1.62 bits per heavy atom. The van der Waals surface area contributed by atoms with E-state index in [4.69, 9.17) is 25.8 Å². The Balaban J connectivity index is 1.55. The van der Waals surface area contributed by atoms with Crippen molar-refractivity contribution in [3.05, 3.63) is 81.8 Å². The Kier molecular flexibility index (Phi) is 9.33. The van der Waals surface area contributed by atoms with Crippen molar-refractivity contribution in [3.8, 4) is 11.5 Å². The molecule has 0 aliphatic heterocycles. The fourth-order valence-electron chi connectivity index (χ4n) is 2.86. The summed E-state index contributed by atoms with van der Waals surface area (Å²) in [4.78, 5) is 25.0. The van der Waals surface area contributed by atoms with Gasteiger partial charge < -0.3 is 24.8 Å². The molecule has 0 aliphatic carbocycles. The van der Waals surface area contributed by atoms with E-state index >= 15 is 0 Å². The minimum atomic E-state index is -0.751. The van der Waals surface area contributed by atoms with E-state index in [9.17, 15) is 9.59 Å². The monoisotopic (exact) mass is 546 g/mol. The number of hydrogen-bond acceptors (Lipinski definition) is 5. The van der Waals surface area contributed by atoms with Gasteiger partial charge in [-0.2, -0.15) is 0 Å². The van der Waals surface area contributed by atoms with Gasteiger partial charge in [0, 0.05) is 24.0 Å². The molecule has 1 unspecified atom stereocenters. The third-order valence-electron chi connectivity index (χ3n) is 4.66. The summed E-state index contributed by atoms with van der Waals surface area (Å²) >= 11 is 9.49. The van der Waals surface area contributed by atoms with Crippen molar-refractivity contribution >= 4 is 50.7 Å². The number of rotatable bonds is 10. The van der Waals surface area contributed by atoms with Crippen molar-refractivity contribution in [3.63, 3.8) is 0 Å². The molecule has 7 nitrogen and oxygen atoms in total. The summed E-state index contributed by atoms with van der Waals surface area (Å²) in [6.07, 6.45) is -0.751. The van der Waals surface area contributed by atoms with Crippen LogP contribution in [0.2, 0.25) is 5.02 Å². The predicted octanol–water partition coefficient (Wildman–Crippen LogP) is 5.79. The molecule has 3 aromatic carbocycles. The minimum absolute atomic E-state index is 0.275. The van der Waals surface area contributed by atoms with E-state index in [1.165, 1.54) is 0 Å². The van der Waals surface area contributed by atoms with E-state index in [-0.39, 0.29) is 11.8 Å². The van der Waals surface area contributed by atoms with E-state index in [2.05, 4.69) is 26.6 Å². The molecule has 0 spiro atoms. The first kappa shape index (κ1) is 25.6. The Morgan fingerprint density at radius 1 is 0.941 bits per heavy atom. The van der Waals surface area contributed by atoms with Crippen molar-refractivity contribution in [2.45, 2.75) is 13.0 Å². The number of para-hydroxylation sites is 1. The smallest absolute Gasteiger partial charge is 0.265 e. The molecule has 0 radical (unpaired) electrons. The lowest BCUT2D eigenvalue weighted by molar-refractivity contribution is -0.122. The molecule has 34 heavy (non-hydrogen) atoms. The molecule has 0 aromatic heterocycles. The Morgan fingerprint density at radius 3 is 2.26 bits per heavy atom. The van der Waals surface area contributed by atoms with Gasteiger partial charge in [-0.3, -0.25) is 9.59 Å². The number of carbonyl (C=O) groups is 2. The van der Waals surface area contributed by atoms with Crippen molar-refractivity contribution < 1.29 is 23.8 Å². The second kappa shape index (κ2) is 12.4. The highest BCUT2D eigenvalue weighted by atomic mass is 79.9. The van der Waals surface area contributed by atoms with Crippen molar-refractivity contribution in [2.24, 2.45) is 0 Å². The molecule has 2 N–H and O–H groups in total. The number of carbonyl (C=O) groups excluding carboxylic acids is 2. The number of benzene rings is 3. The average molecular weight is 548 g/mol. The highest BCUT2D eigenvalue weighted by Crippen LogP contribution is 2.27. The number of nitrogens with one attached hydrogen (secondary N) is 2. The van der Waals surface area contributed by atoms with Crippen LogP contribution in [0.4, 0.5) is 11.4 Å². The highest BCUT2D eigenvalue weighted by molar-refractivity contribution is 9.10. The number of halogens is 2. The fraction of sp³-hybridized carbons (Fsp3) is 0.200. The van der Waals surface area contributed by atoms with Crippen LogP contribution >= 0.6 is 27.5 Å². The van der Waals surface area contributed by atoms with Crippen molar-refractivity contribution in [1.29, 1.82) is 0 Å². The van der Waals surface area contributed by atoms with Gasteiger partial charge in [-0.1, -0.05) is 23.7 Å². The predicted molar refractivity (Wildman–Crippen MR) is 136 cm³/mol. The van der Waals surface area contributed by atoms with Gasteiger partial charge in [0.1, 0.15) is 18.1 Å². The maximum Gasteiger partial charge on any atom is 0.265 e. The van der Waals surface area contributed by atoms with Gasteiger partial charge in [0.25, 0.3) is 11.8 Å². The number of ether oxygens (including phenoxy) is 3. The third-order valence-corrected chi connectivity index (χ3v) is 5.59.